The van der Waals surface area contributed by atoms with Gasteiger partial charge in [-0.05, 0) is 70.2 Å². The quantitative estimate of drug-likeness (QED) is 0.170. The van der Waals surface area contributed by atoms with Gasteiger partial charge in [0, 0.05) is 36.8 Å². The molecule has 1 aromatic carbocycles. The molecule has 6 radical (unpaired) electrons. The smallest absolute Gasteiger partial charge is 0.241 e. The largest absolute Gasteiger partial charge is 0.347 e. The van der Waals surface area contributed by atoms with Crippen LogP contribution >= 0.6 is 0 Å². The first-order valence-electron chi connectivity index (χ1n) is 16.0. The van der Waals surface area contributed by atoms with Crippen molar-refractivity contribution >= 4 is 46.4 Å². The van der Waals surface area contributed by atoms with Crippen molar-refractivity contribution in [3.8, 4) is 11.1 Å². The van der Waals surface area contributed by atoms with Crippen molar-refractivity contribution in [2.45, 2.75) is 117 Å². The highest BCUT2D eigenvalue weighted by Gasteiger charge is 2.35. The molecule has 6 nitrogen and oxygen atoms in total. The summed E-state index contributed by atoms with van der Waals surface area (Å²) in [5, 5.41) is 6.67. The molecule has 2 atom stereocenters. The fourth-order valence-corrected chi connectivity index (χ4v) is 5.08. The minimum Gasteiger partial charge on any atom is -0.347 e. The summed E-state index contributed by atoms with van der Waals surface area (Å²) in [6, 6.07) is 5.93. The van der Waals surface area contributed by atoms with Crippen LogP contribution in [-0.2, 0) is 0 Å². The third-order valence-corrected chi connectivity index (χ3v) is 7.38. The molecule has 2 aliphatic rings. The molecule has 0 spiro atoms. The summed E-state index contributed by atoms with van der Waals surface area (Å²) in [7, 11) is 14.7. The number of aliphatic imine (C=N–C) groups is 1. The lowest BCUT2D eigenvalue weighted by Crippen LogP contribution is -2.53. The molecule has 1 aliphatic carbocycles. The first kappa shape index (κ1) is 39.4. The summed E-state index contributed by atoms with van der Waals surface area (Å²) in [5.74, 6) is -0.0374. The number of nitrogens with one attached hydrogen (secondary N) is 1. The Morgan fingerprint density at radius 2 is 1.74 bits per heavy atom. The lowest BCUT2D eigenvalue weighted by molar-refractivity contribution is 0.0552. The Kier molecular flexibility index (Phi) is 15.3. The van der Waals surface area contributed by atoms with Gasteiger partial charge in [0.2, 0.25) is 12.4 Å². The van der Waals surface area contributed by atoms with Crippen LogP contribution < -0.4 is 5.32 Å². The fraction of sp³-hybridized carbons (Fsp3) is 0.606. The number of aromatic nitrogens is 3. The summed E-state index contributed by atoms with van der Waals surface area (Å²) in [6.45, 7) is 16.0. The number of nitrogens with zero attached hydrogens (tertiary/aromatic N) is 5. The maximum Gasteiger partial charge on any atom is 0.241 e. The molecule has 0 bridgehead atoms. The number of halogens is 4. The van der Waals surface area contributed by atoms with E-state index in [4.69, 9.17) is 23.5 Å². The number of fused-ring (bicyclic) bond motifs is 1. The van der Waals surface area contributed by atoms with Crippen LogP contribution in [0.3, 0.4) is 0 Å². The second-order valence-corrected chi connectivity index (χ2v) is 12.0. The van der Waals surface area contributed by atoms with Crippen LogP contribution in [0.2, 0.25) is 5.11 Å². The second-order valence-electron chi connectivity index (χ2n) is 12.0. The fourth-order valence-electron chi connectivity index (χ4n) is 5.08. The van der Waals surface area contributed by atoms with Gasteiger partial charge in [-0.3, -0.25) is 9.89 Å². The van der Waals surface area contributed by atoms with Crippen LogP contribution in [0.4, 0.5) is 29.2 Å². The molecule has 1 saturated heterocycles. The number of piperidine rings is 1. The number of likely N-dealkylation sites (tertiary alicyclic amines) is 1. The number of rotatable bonds is 6. The molecule has 0 amide bonds. The molecular weight excluding hydrogens is 589 g/mol. The first-order chi connectivity index (χ1) is 21.6. The zero-order valence-electron chi connectivity index (χ0n) is 28.5. The van der Waals surface area contributed by atoms with E-state index in [1.54, 1.807) is 0 Å². The van der Waals surface area contributed by atoms with Gasteiger partial charge in [-0.25, -0.2) is 27.1 Å². The molecular formula is C33H47B3F4N6. The molecule has 1 unspecified atom stereocenters. The number of benzene rings is 1. The van der Waals surface area contributed by atoms with E-state index in [1.165, 1.54) is 43.8 Å². The van der Waals surface area contributed by atoms with E-state index >= 15 is 4.39 Å². The van der Waals surface area contributed by atoms with Gasteiger partial charge in [0.1, 0.15) is 6.17 Å². The van der Waals surface area contributed by atoms with Crippen molar-refractivity contribution in [1.82, 2.24) is 19.5 Å². The average Bonchev–Trinajstić information content (AvgIpc) is 3.27. The molecule has 5 rings (SSSR count). The van der Waals surface area contributed by atoms with Crippen LogP contribution in [0.5, 0.6) is 0 Å². The van der Waals surface area contributed by atoms with E-state index in [0.717, 1.165) is 29.1 Å². The topological polar surface area (TPSA) is 57.8 Å². The molecule has 1 N–H and O–H groups in total. The van der Waals surface area contributed by atoms with Crippen molar-refractivity contribution in [2.24, 2.45) is 4.99 Å². The molecule has 13 heteroatoms. The minimum atomic E-state index is -2.12. The van der Waals surface area contributed by atoms with Crippen molar-refractivity contribution in [3.05, 3.63) is 41.5 Å². The molecule has 1 saturated carbocycles. The molecule has 2 aromatic heterocycles. The lowest BCUT2D eigenvalue weighted by atomic mass is 9.44. The second kappa shape index (κ2) is 17.9. The zero-order valence-corrected chi connectivity index (χ0v) is 28.5. The SMILES string of the molecule is CC.CC(C)=Nc1ccc(-c2c(F)cn3nc(NC4CCN(C5CCC5)C[C@@H]4F)nc(C)c23)cc1C.CCC(F)F.[B]C([B])([B])C. The predicted octanol–water partition coefficient (Wildman–Crippen LogP) is 7.91. The van der Waals surface area contributed by atoms with Gasteiger partial charge in [-0.15, -0.1) is 10.2 Å². The van der Waals surface area contributed by atoms with Crippen molar-refractivity contribution in [2.75, 3.05) is 18.4 Å². The van der Waals surface area contributed by atoms with Gasteiger partial charge in [0.25, 0.3) is 0 Å². The van der Waals surface area contributed by atoms with E-state index in [1.807, 2.05) is 59.7 Å². The van der Waals surface area contributed by atoms with Crippen molar-refractivity contribution in [1.29, 1.82) is 0 Å². The van der Waals surface area contributed by atoms with Crippen LogP contribution in [0, 0.1) is 19.7 Å². The third-order valence-electron chi connectivity index (χ3n) is 7.38. The van der Waals surface area contributed by atoms with Gasteiger partial charge < -0.3 is 5.32 Å². The molecule has 3 heterocycles. The van der Waals surface area contributed by atoms with Crippen LogP contribution in [-0.4, -0.2) is 86.5 Å². The predicted molar refractivity (Wildman–Crippen MR) is 186 cm³/mol. The van der Waals surface area contributed by atoms with E-state index in [2.05, 4.69) is 25.3 Å². The van der Waals surface area contributed by atoms with Crippen LogP contribution in [0.15, 0.2) is 29.4 Å². The highest BCUT2D eigenvalue weighted by Crippen LogP contribution is 2.34. The third kappa shape index (κ3) is 11.8. The monoisotopic (exact) mass is 636 g/mol. The van der Waals surface area contributed by atoms with Gasteiger partial charge in [0.05, 0.1) is 52.7 Å². The Morgan fingerprint density at radius 3 is 2.22 bits per heavy atom. The average molecular weight is 636 g/mol. The summed E-state index contributed by atoms with van der Waals surface area (Å²) >= 11 is 0. The summed E-state index contributed by atoms with van der Waals surface area (Å²) < 4.78 is 53.1. The van der Waals surface area contributed by atoms with Crippen molar-refractivity contribution < 1.29 is 17.6 Å². The maximum atomic E-state index is 15.1. The van der Waals surface area contributed by atoms with E-state index in [9.17, 15) is 13.2 Å². The number of anilines is 1. The molecule has 246 valence electrons. The summed E-state index contributed by atoms with van der Waals surface area (Å²) in [5.41, 5.74) is 5.28. The Morgan fingerprint density at radius 1 is 1.13 bits per heavy atom. The van der Waals surface area contributed by atoms with Gasteiger partial charge in [-0.2, -0.15) is 0 Å². The standard InChI is InChI=1S/C26H32F2N6.C3H6F2.C2H3B3.C2H6/c1-15(2)29-22-9-8-18(12-16(22)3)24-21(28)14-34-25(24)17(4)30-26(32-34)31-23-10-11-33(13-20(23)27)19-6-5-7-19;1-2-3(4)5;1-2(3,4)5;1-2/h8-9,12,14,19-20,23H,5-7,10-11,13H2,1-4H3,(H,31,32);3H,2H2,1H3;1H3;1-2H3/t20-,23?;;;/m0.../s1. The summed E-state index contributed by atoms with van der Waals surface area (Å²) in [6.07, 6.45) is 2.55. The van der Waals surface area contributed by atoms with Gasteiger partial charge in [0.15, 0.2) is 5.82 Å². The molecule has 46 heavy (non-hydrogen) atoms. The maximum absolute atomic E-state index is 15.1. The van der Waals surface area contributed by atoms with Gasteiger partial charge >= 0.3 is 0 Å². The molecule has 2 fully saturated rings. The van der Waals surface area contributed by atoms with Crippen LogP contribution in [0.25, 0.3) is 16.6 Å². The van der Waals surface area contributed by atoms with E-state index in [0.29, 0.717) is 41.7 Å². The lowest BCUT2D eigenvalue weighted by Gasteiger charge is -2.43. The molecule has 3 aromatic rings. The highest BCUT2D eigenvalue weighted by atomic mass is 19.3. The Hall–Kier alpha value is -2.82. The Labute approximate surface area is 276 Å². The number of alkyl halides is 3. The number of aryl methyl sites for hydroxylation is 2. The van der Waals surface area contributed by atoms with Gasteiger partial charge in [-0.1, -0.05) is 40.2 Å². The van der Waals surface area contributed by atoms with E-state index < -0.39 is 17.7 Å². The normalized spacial score (nSPS) is 18.3. The summed E-state index contributed by atoms with van der Waals surface area (Å²) in [4.78, 5) is 11.4. The highest BCUT2D eigenvalue weighted by molar-refractivity contribution is 6.58. The molecule has 1 aliphatic heterocycles. The Balaban J connectivity index is 0.000000530. The zero-order chi connectivity index (χ0) is 34.8. The number of hydrogen-bond acceptors (Lipinski definition) is 5. The number of hydrogen-bond donors (Lipinski definition) is 1. The van der Waals surface area contributed by atoms with Crippen LogP contribution in [0.1, 0.15) is 84.9 Å². The van der Waals surface area contributed by atoms with E-state index in [-0.39, 0.29) is 18.3 Å². The first-order valence-corrected chi connectivity index (χ1v) is 16.0. The van der Waals surface area contributed by atoms with Crippen molar-refractivity contribution in [3.63, 3.8) is 0 Å². The minimum absolute atomic E-state index is 0.0278. The Bertz CT molecular complexity index is 1410.